The van der Waals surface area contributed by atoms with Gasteiger partial charge in [-0.25, -0.2) is 0 Å². The predicted molar refractivity (Wildman–Crippen MR) is 75.8 cm³/mol. The molecule has 0 saturated carbocycles. The molecule has 1 fully saturated rings. The van der Waals surface area contributed by atoms with E-state index in [1.54, 1.807) is 0 Å². The Morgan fingerprint density at radius 3 is 2.89 bits per heavy atom. The summed E-state index contributed by atoms with van der Waals surface area (Å²) < 4.78 is 5.32. The van der Waals surface area contributed by atoms with E-state index in [9.17, 15) is 4.79 Å². The lowest BCUT2D eigenvalue weighted by atomic mass is 10.1. The molecule has 1 heterocycles. The molecule has 2 rings (SSSR count). The van der Waals surface area contributed by atoms with Crippen molar-refractivity contribution in [3.8, 4) is 0 Å². The van der Waals surface area contributed by atoms with E-state index in [0.29, 0.717) is 11.4 Å². The van der Waals surface area contributed by atoms with Gasteiger partial charge in [-0.3, -0.25) is 9.69 Å². The number of amides is 1. The van der Waals surface area contributed by atoms with Gasteiger partial charge in [-0.05, 0) is 23.8 Å². The average molecular weight is 261 g/mol. The van der Waals surface area contributed by atoms with Gasteiger partial charge >= 0.3 is 0 Å². The first-order chi connectivity index (χ1) is 9.19. The lowest BCUT2D eigenvalue weighted by molar-refractivity contribution is -0.111. The summed E-state index contributed by atoms with van der Waals surface area (Å²) in [5, 5.41) is 2.71. The highest BCUT2D eigenvalue weighted by molar-refractivity contribution is 6.00. The van der Waals surface area contributed by atoms with E-state index < -0.39 is 0 Å². The Morgan fingerprint density at radius 1 is 1.47 bits per heavy atom. The first kappa shape index (κ1) is 13.6. The SMILES string of the molecule is C=CC(=O)Nc1cc(CN2CCOCC2)ccc1N. The number of hydrogen-bond acceptors (Lipinski definition) is 4. The van der Waals surface area contributed by atoms with Gasteiger partial charge in [0.15, 0.2) is 0 Å². The maximum absolute atomic E-state index is 11.3. The van der Waals surface area contributed by atoms with Crippen LogP contribution >= 0.6 is 0 Å². The van der Waals surface area contributed by atoms with Crippen molar-refractivity contribution in [3.05, 3.63) is 36.4 Å². The fourth-order valence-corrected chi connectivity index (χ4v) is 2.01. The zero-order valence-corrected chi connectivity index (χ0v) is 10.9. The van der Waals surface area contributed by atoms with Gasteiger partial charge in [-0.2, -0.15) is 0 Å². The van der Waals surface area contributed by atoms with Crippen LogP contribution in [-0.4, -0.2) is 37.1 Å². The third-order valence-electron chi connectivity index (χ3n) is 3.07. The third kappa shape index (κ3) is 3.81. The summed E-state index contributed by atoms with van der Waals surface area (Å²) in [6.45, 7) is 7.67. The van der Waals surface area contributed by atoms with E-state index in [0.717, 1.165) is 38.4 Å². The zero-order valence-electron chi connectivity index (χ0n) is 10.9. The lowest BCUT2D eigenvalue weighted by Crippen LogP contribution is -2.35. The van der Waals surface area contributed by atoms with Crippen LogP contribution in [0.4, 0.5) is 11.4 Å². The molecule has 0 radical (unpaired) electrons. The molecule has 0 atom stereocenters. The number of carbonyl (C=O) groups is 1. The summed E-state index contributed by atoms with van der Waals surface area (Å²) in [7, 11) is 0. The molecule has 1 saturated heterocycles. The highest BCUT2D eigenvalue weighted by atomic mass is 16.5. The molecule has 3 N–H and O–H groups in total. The smallest absolute Gasteiger partial charge is 0.247 e. The number of nitrogens with two attached hydrogens (primary N) is 1. The molecule has 1 amide bonds. The van der Waals surface area contributed by atoms with Gasteiger partial charge in [0.2, 0.25) is 5.91 Å². The number of benzene rings is 1. The summed E-state index contributed by atoms with van der Waals surface area (Å²) in [4.78, 5) is 13.6. The van der Waals surface area contributed by atoms with Gasteiger partial charge in [-0.1, -0.05) is 12.6 Å². The van der Waals surface area contributed by atoms with Crippen molar-refractivity contribution >= 4 is 17.3 Å². The normalized spacial score (nSPS) is 16.0. The number of morpholine rings is 1. The molecule has 0 bridgehead atoms. The molecule has 19 heavy (non-hydrogen) atoms. The molecule has 102 valence electrons. The summed E-state index contributed by atoms with van der Waals surface area (Å²) in [5.41, 5.74) is 8.16. The quantitative estimate of drug-likeness (QED) is 0.632. The van der Waals surface area contributed by atoms with Gasteiger partial charge in [0.1, 0.15) is 0 Å². The third-order valence-corrected chi connectivity index (χ3v) is 3.07. The van der Waals surface area contributed by atoms with Crippen molar-refractivity contribution in [2.75, 3.05) is 37.4 Å². The van der Waals surface area contributed by atoms with Crippen LogP contribution in [0, 0.1) is 0 Å². The van der Waals surface area contributed by atoms with Crippen LogP contribution in [0.25, 0.3) is 0 Å². The Hall–Kier alpha value is -1.85. The van der Waals surface area contributed by atoms with Gasteiger partial charge in [0, 0.05) is 19.6 Å². The minimum absolute atomic E-state index is 0.254. The number of carbonyl (C=O) groups excluding carboxylic acids is 1. The molecule has 0 aliphatic carbocycles. The molecule has 5 nitrogen and oxygen atoms in total. The lowest BCUT2D eigenvalue weighted by Gasteiger charge is -2.26. The number of nitrogens with one attached hydrogen (secondary N) is 1. The first-order valence-electron chi connectivity index (χ1n) is 6.31. The summed E-state index contributed by atoms with van der Waals surface area (Å²) in [5.74, 6) is -0.254. The van der Waals surface area contributed by atoms with Crippen molar-refractivity contribution in [2.45, 2.75) is 6.54 Å². The van der Waals surface area contributed by atoms with E-state index in [2.05, 4.69) is 16.8 Å². The molecule has 5 heteroatoms. The van der Waals surface area contributed by atoms with Gasteiger partial charge in [0.05, 0.1) is 24.6 Å². The molecule has 1 aromatic rings. The fraction of sp³-hybridized carbons (Fsp3) is 0.357. The standard InChI is InChI=1S/C14H19N3O2/c1-2-14(18)16-13-9-11(3-4-12(13)15)10-17-5-7-19-8-6-17/h2-4,9H,1,5-8,10,15H2,(H,16,18). The van der Waals surface area contributed by atoms with Gasteiger partial charge in [0.25, 0.3) is 0 Å². The van der Waals surface area contributed by atoms with E-state index in [1.807, 2.05) is 18.2 Å². The Labute approximate surface area is 113 Å². The minimum atomic E-state index is -0.254. The number of nitrogen functional groups attached to an aromatic ring is 1. The Morgan fingerprint density at radius 2 is 2.21 bits per heavy atom. The maximum Gasteiger partial charge on any atom is 0.247 e. The van der Waals surface area contributed by atoms with Crippen LogP contribution in [0.5, 0.6) is 0 Å². The van der Waals surface area contributed by atoms with Crippen molar-refractivity contribution < 1.29 is 9.53 Å². The monoisotopic (exact) mass is 261 g/mol. The molecular weight excluding hydrogens is 242 g/mol. The van der Waals surface area contributed by atoms with Crippen molar-refractivity contribution in [1.82, 2.24) is 4.90 Å². The molecule has 0 spiro atoms. The number of rotatable bonds is 4. The van der Waals surface area contributed by atoms with E-state index in [4.69, 9.17) is 10.5 Å². The summed E-state index contributed by atoms with van der Waals surface area (Å²) in [6.07, 6.45) is 1.23. The van der Waals surface area contributed by atoms with Crippen molar-refractivity contribution in [1.29, 1.82) is 0 Å². The van der Waals surface area contributed by atoms with Crippen LogP contribution in [0.2, 0.25) is 0 Å². The Kier molecular flexibility index (Phi) is 4.54. The molecule has 0 aromatic heterocycles. The number of nitrogens with zero attached hydrogens (tertiary/aromatic N) is 1. The molecular formula is C14H19N3O2. The van der Waals surface area contributed by atoms with E-state index in [1.165, 1.54) is 6.08 Å². The second kappa shape index (κ2) is 6.36. The minimum Gasteiger partial charge on any atom is -0.397 e. The molecule has 1 aliphatic heterocycles. The predicted octanol–water partition coefficient (Wildman–Crippen LogP) is 1.23. The summed E-state index contributed by atoms with van der Waals surface area (Å²) in [6, 6.07) is 5.70. The highest BCUT2D eigenvalue weighted by Gasteiger charge is 2.11. The molecule has 0 unspecified atom stereocenters. The number of hydrogen-bond donors (Lipinski definition) is 2. The van der Waals surface area contributed by atoms with Crippen LogP contribution in [0.15, 0.2) is 30.9 Å². The maximum atomic E-state index is 11.3. The topological polar surface area (TPSA) is 67.6 Å². The largest absolute Gasteiger partial charge is 0.397 e. The van der Waals surface area contributed by atoms with Crippen molar-refractivity contribution in [2.24, 2.45) is 0 Å². The molecule has 1 aliphatic rings. The van der Waals surface area contributed by atoms with E-state index >= 15 is 0 Å². The second-order valence-electron chi connectivity index (χ2n) is 4.50. The summed E-state index contributed by atoms with van der Waals surface area (Å²) >= 11 is 0. The van der Waals surface area contributed by atoms with E-state index in [-0.39, 0.29) is 5.91 Å². The van der Waals surface area contributed by atoms with Crippen molar-refractivity contribution in [3.63, 3.8) is 0 Å². The van der Waals surface area contributed by atoms with Gasteiger partial charge < -0.3 is 15.8 Å². The van der Waals surface area contributed by atoms with Crippen LogP contribution in [0.3, 0.4) is 0 Å². The van der Waals surface area contributed by atoms with Gasteiger partial charge in [-0.15, -0.1) is 0 Å². The fourth-order valence-electron chi connectivity index (χ4n) is 2.01. The molecule has 1 aromatic carbocycles. The van der Waals surface area contributed by atoms with Crippen LogP contribution in [-0.2, 0) is 16.1 Å². The highest BCUT2D eigenvalue weighted by Crippen LogP contribution is 2.21. The average Bonchev–Trinajstić information content (AvgIpc) is 2.43. The second-order valence-corrected chi connectivity index (χ2v) is 4.50. The number of ether oxygens (including phenoxy) is 1. The zero-order chi connectivity index (χ0) is 13.7. The Bertz CT molecular complexity index is 468. The first-order valence-corrected chi connectivity index (χ1v) is 6.31. The Balaban J connectivity index is 2.06. The number of anilines is 2. The van der Waals surface area contributed by atoms with Crippen LogP contribution in [0.1, 0.15) is 5.56 Å². The van der Waals surface area contributed by atoms with Crippen LogP contribution < -0.4 is 11.1 Å².